The number of nitro groups is 1. The molecule has 27 heavy (non-hydrogen) atoms. The summed E-state index contributed by atoms with van der Waals surface area (Å²) in [5.74, 6) is 0.194. The van der Waals surface area contributed by atoms with Gasteiger partial charge in [0.05, 0.1) is 11.5 Å². The van der Waals surface area contributed by atoms with Crippen molar-refractivity contribution in [1.29, 1.82) is 0 Å². The van der Waals surface area contributed by atoms with Crippen molar-refractivity contribution < 1.29 is 14.8 Å². The highest BCUT2D eigenvalue weighted by molar-refractivity contribution is 5.94. The van der Waals surface area contributed by atoms with Gasteiger partial charge >= 0.3 is 0 Å². The Morgan fingerprint density at radius 3 is 2.22 bits per heavy atom. The van der Waals surface area contributed by atoms with Gasteiger partial charge in [0.15, 0.2) is 0 Å². The Hall–Kier alpha value is -3.13. The molecule has 8 heteroatoms. The molecular formula is C19H22N4O4. The number of benzene rings is 2. The lowest BCUT2D eigenvalue weighted by molar-refractivity contribution is -0.384. The number of rotatable bonds is 5. The predicted octanol–water partition coefficient (Wildman–Crippen LogP) is 2.09. The molecule has 1 N–H and O–H groups in total. The minimum absolute atomic E-state index is 0.00458. The first-order chi connectivity index (χ1) is 12.9. The highest BCUT2D eigenvalue weighted by Crippen LogP contribution is 2.21. The molecule has 1 aliphatic heterocycles. The van der Waals surface area contributed by atoms with Gasteiger partial charge in [-0.1, -0.05) is 0 Å². The molecule has 1 heterocycles. The second-order valence-electron chi connectivity index (χ2n) is 6.51. The number of carbonyl (C=O) groups is 1. The van der Waals surface area contributed by atoms with Crippen molar-refractivity contribution in [2.24, 2.45) is 0 Å². The highest BCUT2D eigenvalue weighted by atomic mass is 16.6. The lowest BCUT2D eigenvalue weighted by atomic mass is 10.2. The van der Waals surface area contributed by atoms with Crippen molar-refractivity contribution in [2.45, 2.75) is 0 Å². The van der Waals surface area contributed by atoms with Gasteiger partial charge in [-0.15, -0.1) is 0 Å². The minimum Gasteiger partial charge on any atom is -0.508 e. The van der Waals surface area contributed by atoms with Gasteiger partial charge in [0.2, 0.25) is 5.91 Å². The van der Waals surface area contributed by atoms with Crippen LogP contribution in [0.2, 0.25) is 0 Å². The monoisotopic (exact) mass is 370 g/mol. The Kier molecular flexibility index (Phi) is 5.56. The number of hydrogen-bond acceptors (Lipinski definition) is 6. The molecule has 0 bridgehead atoms. The van der Waals surface area contributed by atoms with Gasteiger partial charge in [0.1, 0.15) is 5.75 Å². The fourth-order valence-electron chi connectivity index (χ4n) is 3.07. The van der Waals surface area contributed by atoms with Crippen LogP contribution < -0.4 is 9.80 Å². The van der Waals surface area contributed by atoms with Crippen LogP contribution in [0, 0.1) is 10.1 Å². The lowest BCUT2D eigenvalue weighted by Gasteiger charge is -2.36. The number of anilines is 2. The van der Waals surface area contributed by atoms with Crippen LogP contribution in [0.3, 0.4) is 0 Å². The van der Waals surface area contributed by atoms with Gasteiger partial charge in [0.25, 0.3) is 5.69 Å². The van der Waals surface area contributed by atoms with E-state index in [2.05, 4.69) is 9.80 Å². The number of likely N-dealkylation sites (N-methyl/N-ethyl adjacent to an activating group) is 1. The van der Waals surface area contributed by atoms with Crippen molar-refractivity contribution >= 4 is 23.0 Å². The molecule has 0 saturated carbocycles. The Balaban J connectivity index is 1.52. The number of non-ortho nitro benzene ring substituents is 1. The number of aromatic hydroxyl groups is 1. The van der Waals surface area contributed by atoms with Gasteiger partial charge in [-0.25, -0.2) is 0 Å². The zero-order valence-corrected chi connectivity index (χ0v) is 15.1. The molecule has 0 aromatic heterocycles. The van der Waals surface area contributed by atoms with Crippen LogP contribution in [0.25, 0.3) is 0 Å². The normalized spacial score (nSPS) is 14.8. The van der Waals surface area contributed by atoms with E-state index in [1.165, 1.54) is 17.0 Å². The van der Waals surface area contributed by atoms with E-state index in [0.29, 0.717) is 12.2 Å². The van der Waals surface area contributed by atoms with Gasteiger partial charge in [-0.2, -0.15) is 0 Å². The zero-order chi connectivity index (χ0) is 19.4. The maximum atomic E-state index is 12.5. The molecule has 0 atom stereocenters. The topological polar surface area (TPSA) is 90.2 Å². The molecule has 1 saturated heterocycles. The summed E-state index contributed by atoms with van der Waals surface area (Å²) in [6, 6.07) is 13.1. The molecule has 142 valence electrons. The van der Waals surface area contributed by atoms with Crippen molar-refractivity contribution in [1.82, 2.24) is 4.90 Å². The molecule has 3 rings (SSSR count). The predicted molar refractivity (Wildman–Crippen MR) is 103 cm³/mol. The van der Waals surface area contributed by atoms with Gasteiger partial charge in [-0.3, -0.25) is 19.8 Å². The van der Waals surface area contributed by atoms with E-state index in [4.69, 9.17) is 0 Å². The fourth-order valence-corrected chi connectivity index (χ4v) is 3.07. The molecule has 0 unspecified atom stereocenters. The number of phenolic OH excluding ortho intramolecular Hbond substituents is 1. The summed E-state index contributed by atoms with van der Waals surface area (Å²) in [6.07, 6.45) is 0. The van der Waals surface area contributed by atoms with Crippen LogP contribution in [0.5, 0.6) is 5.75 Å². The van der Waals surface area contributed by atoms with Gasteiger partial charge in [-0.05, 0) is 36.4 Å². The Morgan fingerprint density at radius 2 is 1.67 bits per heavy atom. The molecular weight excluding hydrogens is 348 g/mol. The van der Waals surface area contributed by atoms with Crippen molar-refractivity contribution in [2.75, 3.05) is 49.6 Å². The minimum atomic E-state index is -0.459. The quantitative estimate of drug-likeness (QED) is 0.640. The van der Waals surface area contributed by atoms with Gasteiger partial charge in [0, 0.05) is 56.7 Å². The number of amides is 1. The molecule has 1 amide bonds. The molecule has 8 nitrogen and oxygen atoms in total. The first-order valence-electron chi connectivity index (χ1n) is 8.71. The first kappa shape index (κ1) is 18.7. The third kappa shape index (κ3) is 4.53. The summed E-state index contributed by atoms with van der Waals surface area (Å²) in [6.45, 7) is 3.44. The number of phenols is 1. The van der Waals surface area contributed by atoms with Crippen LogP contribution in [-0.4, -0.2) is 60.6 Å². The Morgan fingerprint density at radius 1 is 1.07 bits per heavy atom. The first-order valence-corrected chi connectivity index (χ1v) is 8.71. The molecule has 2 aromatic rings. The van der Waals surface area contributed by atoms with E-state index < -0.39 is 4.92 Å². The number of carbonyl (C=O) groups excluding carboxylic acids is 1. The van der Waals surface area contributed by atoms with Crippen LogP contribution in [0.1, 0.15) is 0 Å². The standard InChI is InChI=1S/C19H22N4O4/c1-20(15-2-4-17(5-3-15)23(26)27)19(25)14-21-10-12-22(13-11-21)16-6-8-18(24)9-7-16/h2-9,24H,10-14H2,1H3. The third-order valence-corrected chi connectivity index (χ3v) is 4.77. The number of nitrogens with zero attached hydrogens (tertiary/aromatic N) is 4. The van der Waals surface area contributed by atoms with Gasteiger partial charge < -0.3 is 14.9 Å². The van der Waals surface area contributed by atoms with Crippen LogP contribution in [-0.2, 0) is 4.79 Å². The summed E-state index contributed by atoms with van der Waals surface area (Å²) >= 11 is 0. The van der Waals surface area contributed by atoms with Crippen molar-refractivity contribution in [3.05, 3.63) is 58.6 Å². The molecule has 1 fully saturated rings. The SMILES string of the molecule is CN(C(=O)CN1CCN(c2ccc(O)cc2)CC1)c1ccc([N+](=O)[O-])cc1. The van der Waals surface area contributed by atoms with Crippen LogP contribution in [0.4, 0.5) is 17.1 Å². The van der Waals surface area contributed by atoms with E-state index in [1.54, 1.807) is 31.3 Å². The van der Waals surface area contributed by atoms with E-state index in [9.17, 15) is 20.0 Å². The maximum absolute atomic E-state index is 12.5. The molecule has 0 aliphatic carbocycles. The lowest BCUT2D eigenvalue weighted by Crippen LogP contribution is -2.49. The summed E-state index contributed by atoms with van der Waals surface area (Å²) in [5, 5.41) is 20.1. The third-order valence-electron chi connectivity index (χ3n) is 4.77. The summed E-state index contributed by atoms with van der Waals surface area (Å²) in [7, 11) is 1.68. The summed E-state index contributed by atoms with van der Waals surface area (Å²) in [5.41, 5.74) is 1.69. The van der Waals surface area contributed by atoms with E-state index in [-0.39, 0.29) is 17.3 Å². The van der Waals surface area contributed by atoms with Crippen LogP contribution in [0.15, 0.2) is 48.5 Å². The highest BCUT2D eigenvalue weighted by Gasteiger charge is 2.21. The second kappa shape index (κ2) is 8.05. The Bertz CT molecular complexity index is 799. The average Bonchev–Trinajstić information content (AvgIpc) is 2.68. The molecule has 0 spiro atoms. The second-order valence-corrected chi connectivity index (χ2v) is 6.51. The van der Waals surface area contributed by atoms with E-state index >= 15 is 0 Å². The summed E-state index contributed by atoms with van der Waals surface area (Å²) < 4.78 is 0. The largest absolute Gasteiger partial charge is 0.508 e. The summed E-state index contributed by atoms with van der Waals surface area (Å²) in [4.78, 5) is 28.6. The van der Waals surface area contributed by atoms with E-state index in [1.807, 2.05) is 12.1 Å². The van der Waals surface area contributed by atoms with Crippen molar-refractivity contribution in [3.8, 4) is 5.75 Å². The molecule has 0 radical (unpaired) electrons. The number of piperazine rings is 1. The van der Waals surface area contributed by atoms with Crippen molar-refractivity contribution in [3.63, 3.8) is 0 Å². The number of nitro benzene ring substituents is 1. The average molecular weight is 370 g/mol. The molecule has 1 aliphatic rings. The Labute approximate surface area is 157 Å². The number of hydrogen-bond donors (Lipinski definition) is 1. The van der Waals surface area contributed by atoms with E-state index in [0.717, 1.165) is 31.9 Å². The smallest absolute Gasteiger partial charge is 0.269 e. The fraction of sp³-hybridized carbons (Fsp3) is 0.316. The van der Waals surface area contributed by atoms with Crippen LogP contribution >= 0.6 is 0 Å². The molecule has 2 aromatic carbocycles. The zero-order valence-electron chi connectivity index (χ0n) is 15.1. The maximum Gasteiger partial charge on any atom is 0.269 e.